The Kier molecular flexibility index (Phi) is 2.71. The van der Waals surface area contributed by atoms with Crippen LogP contribution in [0.4, 0.5) is 8.78 Å². The van der Waals surface area contributed by atoms with Crippen LogP contribution in [0, 0.1) is 18.6 Å². The van der Waals surface area contributed by atoms with Crippen LogP contribution in [0.25, 0.3) is 22.2 Å². The fraction of sp³-hybridized carbons (Fsp3) is 0.0667. The summed E-state index contributed by atoms with van der Waals surface area (Å²) in [6.07, 6.45) is 3.32. The van der Waals surface area contributed by atoms with Crippen LogP contribution in [0.2, 0.25) is 0 Å². The van der Waals surface area contributed by atoms with Gasteiger partial charge in [-0.1, -0.05) is 0 Å². The molecule has 1 aromatic carbocycles. The molecule has 0 radical (unpaired) electrons. The van der Waals surface area contributed by atoms with E-state index in [1.54, 1.807) is 24.5 Å². The number of aryl methyl sites for hydroxylation is 1. The van der Waals surface area contributed by atoms with Gasteiger partial charge in [0.15, 0.2) is 5.82 Å². The molecule has 2 heterocycles. The standard InChI is InChI=1S/C15H10F2N2/c1-9-5-14(10-3-2-4-18-8-10)19-15-12(9)6-11(16)7-13(15)17/h2-8H,1H3. The molecule has 94 valence electrons. The van der Waals surface area contributed by atoms with Crippen molar-refractivity contribution in [1.82, 2.24) is 9.97 Å². The van der Waals surface area contributed by atoms with Crippen LogP contribution in [0.3, 0.4) is 0 Å². The lowest BCUT2D eigenvalue weighted by atomic mass is 10.1. The van der Waals surface area contributed by atoms with Crippen LogP contribution >= 0.6 is 0 Å². The first-order chi connectivity index (χ1) is 9.15. The minimum Gasteiger partial charge on any atom is -0.264 e. The predicted octanol–water partition coefficient (Wildman–Crippen LogP) is 3.88. The molecule has 4 heteroatoms. The molecule has 19 heavy (non-hydrogen) atoms. The van der Waals surface area contributed by atoms with Gasteiger partial charge in [-0.15, -0.1) is 0 Å². The first-order valence-corrected chi connectivity index (χ1v) is 5.82. The highest BCUT2D eigenvalue weighted by molar-refractivity contribution is 5.85. The quantitative estimate of drug-likeness (QED) is 0.660. The van der Waals surface area contributed by atoms with Crippen LogP contribution in [0.5, 0.6) is 0 Å². The van der Waals surface area contributed by atoms with Crippen LogP contribution in [0.1, 0.15) is 5.56 Å². The average molecular weight is 256 g/mol. The van der Waals surface area contributed by atoms with E-state index in [1.165, 1.54) is 6.07 Å². The average Bonchev–Trinajstić information content (AvgIpc) is 2.41. The van der Waals surface area contributed by atoms with Gasteiger partial charge in [-0.3, -0.25) is 4.98 Å². The monoisotopic (exact) mass is 256 g/mol. The molecule has 0 unspecified atom stereocenters. The number of nitrogens with zero attached hydrogens (tertiary/aromatic N) is 2. The van der Waals surface area contributed by atoms with Gasteiger partial charge in [0.25, 0.3) is 0 Å². The number of halogens is 2. The van der Waals surface area contributed by atoms with Gasteiger partial charge in [0, 0.05) is 29.4 Å². The van der Waals surface area contributed by atoms with Gasteiger partial charge in [-0.2, -0.15) is 0 Å². The van der Waals surface area contributed by atoms with Crippen LogP contribution in [-0.2, 0) is 0 Å². The molecule has 3 rings (SSSR count). The van der Waals surface area contributed by atoms with Gasteiger partial charge >= 0.3 is 0 Å². The fourth-order valence-electron chi connectivity index (χ4n) is 2.08. The summed E-state index contributed by atoms with van der Waals surface area (Å²) in [6.45, 7) is 1.81. The first-order valence-electron chi connectivity index (χ1n) is 5.82. The van der Waals surface area contributed by atoms with Gasteiger partial charge < -0.3 is 0 Å². The Morgan fingerprint density at radius 1 is 1.11 bits per heavy atom. The third-order valence-corrected chi connectivity index (χ3v) is 3.00. The third kappa shape index (κ3) is 2.05. The highest BCUT2D eigenvalue weighted by Crippen LogP contribution is 2.26. The van der Waals surface area contributed by atoms with Crippen molar-refractivity contribution >= 4 is 10.9 Å². The van der Waals surface area contributed by atoms with Crippen LogP contribution in [0.15, 0.2) is 42.7 Å². The summed E-state index contributed by atoms with van der Waals surface area (Å²) in [6, 6.07) is 7.59. The third-order valence-electron chi connectivity index (χ3n) is 3.00. The zero-order valence-electron chi connectivity index (χ0n) is 10.2. The molecule has 0 bridgehead atoms. The number of aromatic nitrogens is 2. The van der Waals surface area contributed by atoms with Crippen molar-refractivity contribution in [2.75, 3.05) is 0 Å². The van der Waals surface area contributed by atoms with E-state index in [1.807, 2.05) is 13.0 Å². The molecule has 0 aliphatic carbocycles. The van der Waals surface area contributed by atoms with E-state index >= 15 is 0 Å². The second kappa shape index (κ2) is 4.39. The zero-order valence-corrected chi connectivity index (χ0v) is 10.2. The van der Waals surface area contributed by atoms with E-state index in [0.29, 0.717) is 11.1 Å². The minimum absolute atomic E-state index is 0.181. The summed E-state index contributed by atoms with van der Waals surface area (Å²) < 4.78 is 27.0. The summed E-state index contributed by atoms with van der Waals surface area (Å²) in [7, 11) is 0. The summed E-state index contributed by atoms with van der Waals surface area (Å²) in [5.41, 5.74) is 2.39. The van der Waals surface area contributed by atoms with E-state index in [0.717, 1.165) is 17.2 Å². The van der Waals surface area contributed by atoms with E-state index in [2.05, 4.69) is 9.97 Å². The molecule has 0 aliphatic rings. The number of rotatable bonds is 1. The maximum atomic E-state index is 13.8. The van der Waals surface area contributed by atoms with Gasteiger partial charge in [-0.05, 0) is 36.8 Å². The molecule has 0 N–H and O–H groups in total. The largest absolute Gasteiger partial charge is 0.264 e. The van der Waals surface area contributed by atoms with Crippen molar-refractivity contribution in [3.8, 4) is 11.3 Å². The smallest absolute Gasteiger partial charge is 0.152 e. The lowest BCUT2D eigenvalue weighted by Crippen LogP contribution is -1.93. The lowest BCUT2D eigenvalue weighted by Gasteiger charge is -2.07. The summed E-state index contributed by atoms with van der Waals surface area (Å²) in [4.78, 5) is 8.28. The van der Waals surface area contributed by atoms with E-state index < -0.39 is 11.6 Å². The summed E-state index contributed by atoms with van der Waals surface area (Å²) in [5, 5.41) is 0.491. The Hall–Kier alpha value is -2.36. The normalized spacial score (nSPS) is 10.9. The van der Waals surface area contributed by atoms with Crippen molar-refractivity contribution in [2.45, 2.75) is 6.92 Å². The van der Waals surface area contributed by atoms with Gasteiger partial charge in [0.1, 0.15) is 11.3 Å². The summed E-state index contributed by atoms with van der Waals surface area (Å²) in [5.74, 6) is -1.24. The zero-order chi connectivity index (χ0) is 13.4. The minimum atomic E-state index is -0.649. The number of hydrogen-bond donors (Lipinski definition) is 0. The van der Waals surface area contributed by atoms with Crippen LogP contribution in [-0.4, -0.2) is 9.97 Å². The van der Waals surface area contributed by atoms with E-state index in [4.69, 9.17) is 0 Å². The molecule has 0 fully saturated rings. The van der Waals surface area contributed by atoms with Crippen molar-refractivity contribution in [1.29, 1.82) is 0 Å². The SMILES string of the molecule is Cc1cc(-c2cccnc2)nc2c(F)cc(F)cc12. The van der Waals surface area contributed by atoms with Gasteiger partial charge in [-0.25, -0.2) is 13.8 Å². The Morgan fingerprint density at radius 2 is 1.95 bits per heavy atom. The molecule has 0 saturated heterocycles. The first kappa shape index (κ1) is 11.7. The molecule has 0 aliphatic heterocycles. The number of fused-ring (bicyclic) bond motifs is 1. The molecular weight excluding hydrogens is 246 g/mol. The molecule has 2 aromatic heterocycles. The Morgan fingerprint density at radius 3 is 2.68 bits per heavy atom. The number of pyridine rings is 2. The Balaban J connectivity index is 2.31. The second-order valence-corrected chi connectivity index (χ2v) is 4.35. The maximum absolute atomic E-state index is 13.8. The highest BCUT2D eigenvalue weighted by atomic mass is 19.1. The molecule has 0 saturated carbocycles. The molecule has 2 nitrogen and oxygen atoms in total. The molecule has 0 spiro atoms. The second-order valence-electron chi connectivity index (χ2n) is 4.35. The van der Waals surface area contributed by atoms with Crippen molar-refractivity contribution in [3.05, 3.63) is 59.9 Å². The van der Waals surface area contributed by atoms with Crippen molar-refractivity contribution in [3.63, 3.8) is 0 Å². The summed E-state index contributed by atoms with van der Waals surface area (Å²) >= 11 is 0. The molecule has 3 aromatic rings. The molecule has 0 atom stereocenters. The van der Waals surface area contributed by atoms with E-state index in [9.17, 15) is 8.78 Å². The topological polar surface area (TPSA) is 25.8 Å². The maximum Gasteiger partial charge on any atom is 0.152 e. The molecular formula is C15H10F2N2. The van der Waals surface area contributed by atoms with Crippen molar-refractivity contribution < 1.29 is 8.78 Å². The Bertz CT molecular complexity index is 755. The molecule has 0 amide bonds. The van der Waals surface area contributed by atoms with Crippen LogP contribution < -0.4 is 0 Å². The number of hydrogen-bond acceptors (Lipinski definition) is 2. The Labute approximate surface area is 108 Å². The fourth-order valence-corrected chi connectivity index (χ4v) is 2.08. The van der Waals surface area contributed by atoms with E-state index in [-0.39, 0.29) is 5.52 Å². The predicted molar refractivity (Wildman–Crippen MR) is 69.6 cm³/mol. The van der Waals surface area contributed by atoms with Crippen molar-refractivity contribution in [2.24, 2.45) is 0 Å². The highest BCUT2D eigenvalue weighted by Gasteiger charge is 2.10. The van der Waals surface area contributed by atoms with Gasteiger partial charge in [0.2, 0.25) is 0 Å². The van der Waals surface area contributed by atoms with Gasteiger partial charge in [0.05, 0.1) is 5.69 Å². The lowest BCUT2D eigenvalue weighted by molar-refractivity contribution is 0.590. The number of benzene rings is 1.